The standard InChI is InChI=1S/C4H9B/c1-3-4(2)5/h2-3,5H2,1H3. The van der Waals surface area contributed by atoms with E-state index in [4.69, 9.17) is 0 Å². The molecule has 0 N–H and O–H groups in total. The van der Waals surface area contributed by atoms with Crippen LogP contribution < -0.4 is 0 Å². The zero-order valence-corrected chi connectivity index (χ0v) is 3.91. The van der Waals surface area contributed by atoms with E-state index < -0.39 is 0 Å². The van der Waals surface area contributed by atoms with Crippen LogP contribution in [0.5, 0.6) is 0 Å². The lowest BCUT2D eigenvalue weighted by Crippen LogP contribution is -1.68. The van der Waals surface area contributed by atoms with Crippen molar-refractivity contribution in [2.45, 2.75) is 13.3 Å². The molecule has 0 radical (unpaired) electrons. The molecule has 0 aromatic heterocycles. The fourth-order valence-corrected chi connectivity index (χ4v) is 0. The van der Waals surface area contributed by atoms with Gasteiger partial charge in [0.05, 0.1) is 0 Å². The van der Waals surface area contributed by atoms with Crippen molar-refractivity contribution in [2.75, 3.05) is 0 Å². The Balaban J connectivity index is 2.85. The molecule has 0 saturated heterocycles. The van der Waals surface area contributed by atoms with Gasteiger partial charge in [0.1, 0.15) is 7.85 Å². The van der Waals surface area contributed by atoms with Crippen molar-refractivity contribution >= 4 is 7.85 Å². The van der Waals surface area contributed by atoms with Crippen LogP contribution in [0.1, 0.15) is 13.3 Å². The van der Waals surface area contributed by atoms with Crippen LogP contribution in [0.4, 0.5) is 0 Å². The first-order valence-corrected chi connectivity index (χ1v) is 1.91. The van der Waals surface area contributed by atoms with Gasteiger partial charge in [0, 0.05) is 0 Å². The van der Waals surface area contributed by atoms with E-state index in [0.717, 1.165) is 6.42 Å². The predicted octanol–water partition coefficient (Wildman–Crippen LogP) is 0.543. The van der Waals surface area contributed by atoms with Gasteiger partial charge in [-0.25, -0.2) is 0 Å². The summed E-state index contributed by atoms with van der Waals surface area (Å²) in [6.45, 7) is 5.77. The molecular weight excluding hydrogens is 58.9 g/mol. The average molecular weight is 67.9 g/mol. The summed E-state index contributed by atoms with van der Waals surface area (Å²) in [5, 5.41) is 0. The quantitative estimate of drug-likeness (QED) is 0.393. The normalized spacial score (nSPS) is 7.40. The second kappa shape index (κ2) is 2.07. The fraction of sp³-hybridized carbons (Fsp3) is 0.500. The van der Waals surface area contributed by atoms with Crippen molar-refractivity contribution in [3.8, 4) is 0 Å². The number of hydrogen-bond donors (Lipinski definition) is 0. The van der Waals surface area contributed by atoms with Crippen LogP contribution in [0.15, 0.2) is 12.1 Å². The first kappa shape index (κ1) is 4.80. The molecule has 0 rings (SSSR count). The Kier molecular flexibility index (Phi) is 1.99. The molecule has 1 heteroatoms. The maximum atomic E-state index is 3.67. The number of rotatable bonds is 1. The van der Waals surface area contributed by atoms with E-state index in [9.17, 15) is 0 Å². The molecule has 0 amide bonds. The third-order valence-corrected chi connectivity index (χ3v) is 0.604. The Bertz CT molecular complexity index is 38.9. The molecule has 0 unspecified atom stereocenters. The lowest BCUT2D eigenvalue weighted by atomic mass is 9.96. The van der Waals surface area contributed by atoms with Gasteiger partial charge >= 0.3 is 0 Å². The predicted molar refractivity (Wildman–Crippen MR) is 28.0 cm³/mol. The third kappa shape index (κ3) is 3.80. The molecule has 0 nitrogen and oxygen atoms in total. The van der Waals surface area contributed by atoms with E-state index in [2.05, 4.69) is 13.5 Å². The Morgan fingerprint density at radius 2 is 2.20 bits per heavy atom. The van der Waals surface area contributed by atoms with Crippen LogP contribution in [0, 0.1) is 0 Å². The summed E-state index contributed by atoms with van der Waals surface area (Å²) in [6.07, 6.45) is 1.11. The molecule has 0 aromatic rings. The van der Waals surface area contributed by atoms with E-state index in [1.807, 2.05) is 7.85 Å². The number of allylic oxidation sites excluding steroid dienone is 1. The van der Waals surface area contributed by atoms with Crippen LogP contribution in [0.25, 0.3) is 0 Å². The highest BCUT2D eigenvalue weighted by Crippen LogP contribution is 1.83. The van der Waals surface area contributed by atoms with E-state index >= 15 is 0 Å². The van der Waals surface area contributed by atoms with Gasteiger partial charge in [0.15, 0.2) is 0 Å². The maximum absolute atomic E-state index is 3.67. The lowest BCUT2D eigenvalue weighted by molar-refractivity contribution is 1.20. The zero-order valence-electron chi connectivity index (χ0n) is 3.91. The first-order valence-electron chi connectivity index (χ1n) is 1.91. The second-order valence-corrected chi connectivity index (χ2v) is 1.31. The van der Waals surface area contributed by atoms with Gasteiger partial charge in [-0.15, -0.1) is 12.1 Å². The first-order chi connectivity index (χ1) is 2.27. The molecule has 0 aliphatic rings. The molecule has 0 aromatic carbocycles. The van der Waals surface area contributed by atoms with Crippen molar-refractivity contribution in [2.24, 2.45) is 0 Å². The molecule has 5 heavy (non-hydrogen) atoms. The van der Waals surface area contributed by atoms with Gasteiger partial charge in [-0.1, -0.05) is 6.92 Å². The minimum atomic E-state index is 1.11. The van der Waals surface area contributed by atoms with E-state index in [0.29, 0.717) is 0 Å². The minimum absolute atomic E-state index is 1.11. The van der Waals surface area contributed by atoms with Crippen LogP contribution in [-0.2, 0) is 0 Å². The van der Waals surface area contributed by atoms with E-state index in [1.54, 1.807) is 0 Å². The van der Waals surface area contributed by atoms with Crippen LogP contribution in [0.2, 0.25) is 0 Å². The Labute approximate surface area is 34.3 Å². The highest BCUT2D eigenvalue weighted by atomic mass is 13.6. The molecule has 0 spiro atoms. The maximum Gasteiger partial charge on any atom is 0.133 e. The zero-order chi connectivity index (χ0) is 4.28. The Hall–Kier alpha value is -0.195. The fourth-order valence-electron chi connectivity index (χ4n) is 0. The van der Waals surface area contributed by atoms with Crippen molar-refractivity contribution in [3.63, 3.8) is 0 Å². The molecule has 0 bridgehead atoms. The Morgan fingerprint density at radius 3 is 2.20 bits per heavy atom. The average Bonchev–Trinajstić information content (AvgIpc) is 1.38. The van der Waals surface area contributed by atoms with Crippen LogP contribution in [-0.4, -0.2) is 7.85 Å². The van der Waals surface area contributed by atoms with Gasteiger partial charge in [0.2, 0.25) is 0 Å². The molecular formula is C4H9B. The SMILES string of the molecule is BC(=C)CC. The van der Waals surface area contributed by atoms with Crippen LogP contribution in [0.3, 0.4) is 0 Å². The van der Waals surface area contributed by atoms with Gasteiger partial charge in [-0.2, -0.15) is 0 Å². The van der Waals surface area contributed by atoms with Gasteiger partial charge < -0.3 is 0 Å². The molecule has 0 aliphatic carbocycles. The van der Waals surface area contributed by atoms with Crippen molar-refractivity contribution in [1.82, 2.24) is 0 Å². The molecule has 0 heterocycles. The summed E-state index contributed by atoms with van der Waals surface area (Å²) in [5.74, 6) is 0. The summed E-state index contributed by atoms with van der Waals surface area (Å²) in [5.41, 5.74) is 1.25. The molecule has 0 aliphatic heterocycles. The molecule has 0 saturated carbocycles. The summed E-state index contributed by atoms with van der Waals surface area (Å²) in [6, 6.07) is 0. The van der Waals surface area contributed by atoms with E-state index in [-0.39, 0.29) is 0 Å². The topological polar surface area (TPSA) is 0 Å². The molecule has 0 fully saturated rings. The van der Waals surface area contributed by atoms with Crippen molar-refractivity contribution in [1.29, 1.82) is 0 Å². The summed E-state index contributed by atoms with van der Waals surface area (Å²) in [7, 11) is 2.03. The molecule has 28 valence electrons. The Morgan fingerprint density at radius 1 is 2.00 bits per heavy atom. The molecule has 0 atom stereocenters. The highest BCUT2D eigenvalue weighted by Gasteiger charge is 1.68. The van der Waals surface area contributed by atoms with Gasteiger partial charge in [0.25, 0.3) is 0 Å². The smallest absolute Gasteiger partial charge is 0.117 e. The minimum Gasteiger partial charge on any atom is -0.117 e. The summed E-state index contributed by atoms with van der Waals surface area (Å²) >= 11 is 0. The summed E-state index contributed by atoms with van der Waals surface area (Å²) < 4.78 is 0. The third-order valence-electron chi connectivity index (χ3n) is 0.604. The van der Waals surface area contributed by atoms with Gasteiger partial charge in [-0.05, 0) is 6.42 Å². The van der Waals surface area contributed by atoms with Gasteiger partial charge in [-0.3, -0.25) is 0 Å². The summed E-state index contributed by atoms with van der Waals surface area (Å²) in [4.78, 5) is 0. The second-order valence-electron chi connectivity index (χ2n) is 1.31. The van der Waals surface area contributed by atoms with Crippen molar-refractivity contribution in [3.05, 3.63) is 12.1 Å². The monoisotopic (exact) mass is 68.1 g/mol. The van der Waals surface area contributed by atoms with Crippen LogP contribution >= 0.6 is 0 Å². The lowest BCUT2D eigenvalue weighted by Gasteiger charge is -1.79. The highest BCUT2D eigenvalue weighted by molar-refractivity contribution is 6.21. The largest absolute Gasteiger partial charge is 0.133 e. The van der Waals surface area contributed by atoms with Crippen molar-refractivity contribution < 1.29 is 0 Å². The number of hydrogen-bond acceptors (Lipinski definition) is 0. The van der Waals surface area contributed by atoms with E-state index in [1.165, 1.54) is 5.47 Å².